The van der Waals surface area contributed by atoms with Gasteiger partial charge in [0.05, 0.1) is 17.9 Å². The number of halogens is 1. The Morgan fingerprint density at radius 1 is 1.23 bits per heavy atom. The lowest BCUT2D eigenvalue weighted by atomic mass is 10.3. The fourth-order valence-electron chi connectivity index (χ4n) is 2.25. The lowest BCUT2D eigenvalue weighted by molar-refractivity contribution is 0.251. The van der Waals surface area contributed by atoms with Crippen molar-refractivity contribution in [1.82, 2.24) is 14.7 Å². The van der Waals surface area contributed by atoms with Gasteiger partial charge in [-0.2, -0.15) is 0 Å². The molecule has 6 heteroatoms. The van der Waals surface area contributed by atoms with E-state index in [4.69, 9.17) is 11.6 Å². The zero-order valence-electron chi connectivity index (χ0n) is 12.0. The number of nitrogens with one attached hydrogen (secondary N) is 2. The summed E-state index contributed by atoms with van der Waals surface area (Å²) < 4.78 is 1.97. The Morgan fingerprint density at radius 2 is 2.00 bits per heavy atom. The monoisotopic (exact) mass is 314 g/mol. The summed E-state index contributed by atoms with van der Waals surface area (Å²) in [7, 11) is 0. The number of carbonyl (C=O) groups is 1. The number of nitrogens with zero attached hydrogens (tertiary/aromatic N) is 2. The van der Waals surface area contributed by atoms with E-state index in [9.17, 15) is 4.79 Å². The molecule has 112 valence electrons. The van der Waals surface area contributed by atoms with Crippen LogP contribution in [0.3, 0.4) is 0 Å². The first kappa shape index (κ1) is 14.4. The van der Waals surface area contributed by atoms with Gasteiger partial charge in [-0.25, -0.2) is 9.78 Å². The van der Waals surface area contributed by atoms with Gasteiger partial charge in [-0.05, 0) is 43.3 Å². The van der Waals surface area contributed by atoms with Crippen molar-refractivity contribution in [2.75, 3.05) is 5.32 Å². The number of urea groups is 1. The van der Waals surface area contributed by atoms with Gasteiger partial charge in [-0.15, -0.1) is 0 Å². The molecule has 2 aromatic heterocycles. The van der Waals surface area contributed by atoms with Crippen LogP contribution in [0.1, 0.15) is 11.4 Å². The fraction of sp³-hybridized carbons (Fsp3) is 0.125. The zero-order valence-corrected chi connectivity index (χ0v) is 12.8. The van der Waals surface area contributed by atoms with Crippen molar-refractivity contribution in [2.45, 2.75) is 13.5 Å². The Balaban J connectivity index is 1.67. The highest BCUT2D eigenvalue weighted by atomic mass is 35.5. The van der Waals surface area contributed by atoms with Gasteiger partial charge in [0.25, 0.3) is 0 Å². The van der Waals surface area contributed by atoms with Crippen molar-refractivity contribution in [3.63, 3.8) is 0 Å². The zero-order chi connectivity index (χ0) is 15.5. The number of amides is 2. The van der Waals surface area contributed by atoms with Crippen LogP contribution in [-0.4, -0.2) is 15.4 Å². The number of aryl methyl sites for hydroxylation is 1. The average molecular weight is 315 g/mol. The molecule has 3 rings (SSSR count). The highest BCUT2D eigenvalue weighted by Crippen LogP contribution is 2.14. The van der Waals surface area contributed by atoms with E-state index in [2.05, 4.69) is 15.6 Å². The van der Waals surface area contributed by atoms with E-state index in [0.717, 1.165) is 17.0 Å². The molecule has 5 nitrogen and oxygen atoms in total. The van der Waals surface area contributed by atoms with Crippen LogP contribution in [0.25, 0.3) is 5.65 Å². The molecule has 2 N–H and O–H groups in total. The van der Waals surface area contributed by atoms with Crippen molar-refractivity contribution < 1.29 is 4.79 Å². The number of benzene rings is 1. The summed E-state index contributed by atoms with van der Waals surface area (Å²) >= 11 is 5.81. The molecule has 0 atom stereocenters. The Kier molecular flexibility index (Phi) is 3.98. The average Bonchev–Trinajstić information content (AvgIpc) is 2.83. The second-order valence-corrected chi connectivity index (χ2v) is 5.32. The predicted octanol–water partition coefficient (Wildman–Crippen LogP) is 3.62. The van der Waals surface area contributed by atoms with Gasteiger partial charge in [0.1, 0.15) is 5.65 Å². The maximum Gasteiger partial charge on any atom is 0.319 e. The summed E-state index contributed by atoms with van der Waals surface area (Å²) in [5.41, 5.74) is 3.42. The number of fused-ring (bicyclic) bond motifs is 1. The molecule has 0 aliphatic heterocycles. The fourth-order valence-corrected chi connectivity index (χ4v) is 2.38. The first-order valence-corrected chi connectivity index (χ1v) is 7.24. The summed E-state index contributed by atoms with van der Waals surface area (Å²) in [6.07, 6.45) is 1.93. The van der Waals surface area contributed by atoms with Crippen LogP contribution < -0.4 is 10.6 Å². The summed E-state index contributed by atoms with van der Waals surface area (Å²) in [5.74, 6) is 0. The van der Waals surface area contributed by atoms with Crippen LogP contribution in [0, 0.1) is 6.92 Å². The maximum atomic E-state index is 12.0. The second kappa shape index (κ2) is 6.07. The second-order valence-electron chi connectivity index (χ2n) is 4.89. The number of hydrogen-bond acceptors (Lipinski definition) is 2. The van der Waals surface area contributed by atoms with E-state index in [-0.39, 0.29) is 6.03 Å². The standard InChI is InChI=1S/C16H15ClN4O/c1-11-14(21-9-3-2-4-15(21)19-11)10-18-16(22)20-13-7-5-12(17)6-8-13/h2-9H,10H2,1H3,(H2,18,20,22). The van der Waals surface area contributed by atoms with Crippen molar-refractivity contribution in [2.24, 2.45) is 0 Å². The van der Waals surface area contributed by atoms with Crippen LogP contribution in [0.2, 0.25) is 5.02 Å². The van der Waals surface area contributed by atoms with Gasteiger partial charge >= 0.3 is 6.03 Å². The molecule has 0 spiro atoms. The van der Waals surface area contributed by atoms with Crippen LogP contribution in [-0.2, 0) is 6.54 Å². The highest BCUT2D eigenvalue weighted by molar-refractivity contribution is 6.30. The number of anilines is 1. The predicted molar refractivity (Wildman–Crippen MR) is 87.2 cm³/mol. The minimum absolute atomic E-state index is 0.271. The quantitative estimate of drug-likeness (QED) is 0.775. The smallest absolute Gasteiger partial charge is 0.319 e. The van der Waals surface area contributed by atoms with Crippen molar-refractivity contribution in [1.29, 1.82) is 0 Å². The van der Waals surface area contributed by atoms with E-state index in [0.29, 0.717) is 17.3 Å². The van der Waals surface area contributed by atoms with Crippen molar-refractivity contribution >= 4 is 29.0 Å². The molecule has 3 aromatic rings. The first-order chi connectivity index (χ1) is 10.6. The molecular formula is C16H15ClN4O. The highest BCUT2D eigenvalue weighted by Gasteiger charge is 2.09. The molecule has 2 heterocycles. The van der Waals surface area contributed by atoms with Gasteiger partial charge in [-0.3, -0.25) is 0 Å². The molecular weight excluding hydrogens is 300 g/mol. The largest absolute Gasteiger partial charge is 0.332 e. The lowest BCUT2D eigenvalue weighted by Crippen LogP contribution is -2.28. The lowest BCUT2D eigenvalue weighted by Gasteiger charge is -2.08. The van der Waals surface area contributed by atoms with E-state index in [1.54, 1.807) is 24.3 Å². The topological polar surface area (TPSA) is 58.4 Å². The van der Waals surface area contributed by atoms with Gasteiger partial charge in [0.2, 0.25) is 0 Å². The molecule has 0 aliphatic carbocycles. The Labute approximate surface area is 132 Å². The minimum atomic E-state index is -0.271. The third-order valence-corrected chi connectivity index (χ3v) is 3.60. The molecule has 0 saturated heterocycles. The van der Waals surface area contributed by atoms with Crippen LogP contribution in [0.15, 0.2) is 48.7 Å². The molecule has 0 saturated carbocycles. The van der Waals surface area contributed by atoms with Crippen LogP contribution >= 0.6 is 11.6 Å². The molecule has 0 radical (unpaired) electrons. The third-order valence-electron chi connectivity index (χ3n) is 3.35. The van der Waals surface area contributed by atoms with E-state index < -0.39 is 0 Å². The molecule has 22 heavy (non-hydrogen) atoms. The van der Waals surface area contributed by atoms with Gasteiger partial charge in [-0.1, -0.05) is 17.7 Å². The van der Waals surface area contributed by atoms with E-state index >= 15 is 0 Å². The molecule has 0 unspecified atom stereocenters. The Morgan fingerprint density at radius 3 is 2.77 bits per heavy atom. The van der Waals surface area contributed by atoms with E-state index in [1.165, 1.54) is 0 Å². The molecule has 0 aliphatic rings. The normalized spacial score (nSPS) is 10.6. The number of carbonyl (C=O) groups excluding carboxylic acids is 1. The Hall–Kier alpha value is -2.53. The number of rotatable bonds is 3. The third kappa shape index (κ3) is 3.04. The maximum absolute atomic E-state index is 12.0. The van der Waals surface area contributed by atoms with Crippen molar-refractivity contribution in [3.05, 3.63) is 65.1 Å². The number of hydrogen-bond donors (Lipinski definition) is 2. The summed E-state index contributed by atoms with van der Waals surface area (Å²) in [6, 6.07) is 12.5. The molecule has 0 bridgehead atoms. The van der Waals surface area contributed by atoms with Crippen LogP contribution in [0.4, 0.5) is 10.5 Å². The number of pyridine rings is 1. The van der Waals surface area contributed by atoms with E-state index in [1.807, 2.05) is 35.7 Å². The first-order valence-electron chi connectivity index (χ1n) is 6.86. The SMILES string of the molecule is Cc1nc2ccccn2c1CNC(=O)Nc1ccc(Cl)cc1. The minimum Gasteiger partial charge on any atom is -0.332 e. The van der Waals surface area contributed by atoms with Crippen LogP contribution in [0.5, 0.6) is 0 Å². The summed E-state index contributed by atoms with van der Waals surface area (Å²) in [6.45, 7) is 2.33. The van der Waals surface area contributed by atoms with Gasteiger partial charge in [0, 0.05) is 16.9 Å². The number of imidazole rings is 1. The van der Waals surface area contributed by atoms with Crippen molar-refractivity contribution in [3.8, 4) is 0 Å². The van der Waals surface area contributed by atoms with Gasteiger partial charge in [0.15, 0.2) is 0 Å². The molecule has 1 aromatic carbocycles. The summed E-state index contributed by atoms with van der Waals surface area (Å²) in [4.78, 5) is 16.4. The Bertz CT molecular complexity index is 811. The molecule has 2 amide bonds. The van der Waals surface area contributed by atoms with Gasteiger partial charge < -0.3 is 15.0 Å². The molecule has 0 fully saturated rings. The number of aromatic nitrogens is 2. The summed E-state index contributed by atoms with van der Waals surface area (Å²) in [5, 5.41) is 6.23.